The molecular formula is C20H16F3N3O. The largest absolute Gasteiger partial charge is 0.416 e. The third kappa shape index (κ3) is 4.25. The summed E-state index contributed by atoms with van der Waals surface area (Å²) in [5, 5.41) is 2.54. The van der Waals surface area contributed by atoms with E-state index in [4.69, 9.17) is 0 Å². The molecule has 0 fully saturated rings. The molecule has 138 valence electrons. The van der Waals surface area contributed by atoms with Crippen LogP contribution < -0.4 is 10.2 Å². The maximum absolute atomic E-state index is 12.9. The highest BCUT2D eigenvalue weighted by atomic mass is 19.4. The normalized spacial score (nSPS) is 11.1. The summed E-state index contributed by atoms with van der Waals surface area (Å²) < 4.78 is 38.6. The smallest absolute Gasteiger partial charge is 0.343 e. The van der Waals surface area contributed by atoms with Crippen LogP contribution >= 0.6 is 0 Å². The van der Waals surface area contributed by atoms with Crippen molar-refractivity contribution in [2.24, 2.45) is 0 Å². The molecule has 0 spiro atoms. The number of pyridine rings is 1. The third-order valence-corrected chi connectivity index (χ3v) is 3.99. The van der Waals surface area contributed by atoms with Crippen LogP contribution in [0.1, 0.15) is 15.9 Å². The Balaban J connectivity index is 1.88. The van der Waals surface area contributed by atoms with Crippen molar-refractivity contribution in [1.29, 1.82) is 0 Å². The molecule has 0 aliphatic rings. The quantitative estimate of drug-likeness (QED) is 0.692. The van der Waals surface area contributed by atoms with Crippen LogP contribution in [0, 0.1) is 0 Å². The van der Waals surface area contributed by atoms with Crippen LogP contribution in [0.5, 0.6) is 0 Å². The van der Waals surface area contributed by atoms with E-state index in [9.17, 15) is 18.0 Å². The van der Waals surface area contributed by atoms with E-state index in [1.54, 1.807) is 54.7 Å². The van der Waals surface area contributed by atoms with E-state index >= 15 is 0 Å². The number of amides is 1. The fraction of sp³-hybridized carbons (Fsp3) is 0.100. The maximum atomic E-state index is 12.9. The number of benzene rings is 2. The average Bonchev–Trinajstić information content (AvgIpc) is 2.67. The molecule has 1 aromatic heterocycles. The van der Waals surface area contributed by atoms with Gasteiger partial charge in [0.05, 0.1) is 28.7 Å². The van der Waals surface area contributed by atoms with Crippen molar-refractivity contribution in [2.75, 3.05) is 17.3 Å². The molecule has 0 bridgehead atoms. The minimum atomic E-state index is -4.47. The Morgan fingerprint density at radius 1 is 1.04 bits per heavy atom. The van der Waals surface area contributed by atoms with Crippen molar-refractivity contribution in [3.05, 3.63) is 84.2 Å². The van der Waals surface area contributed by atoms with Gasteiger partial charge in [0.15, 0.2) is 0 Å². The van der Waals surface area contributed by atoms with Crippen molar-refractivity contribution in [3.63, 3.8) is 0 Å². The predicted molar refractivity (Wildman–Crippen MR) is 98.1 cm³/mol. The summed E-state index contributed by atoms with van der Waals surface area (Å²) in [6.07, 6.45) is -1.18. The third-order valence-electron chi connectivity index (χ3n) is 3.99. The molecule has 0 unspecified atom stereocenters. The lowest BCUT2D eigenvalue weighted by molar-refractivity contribution is -0.137. The first-order valence-corrected chi connectivity index (χ1v) is 8.07. The van der Waals surface area contributed by atoms with Crippen molar-refractivity contribution in [3.8, 4) is 0 Å². The Hall–Kier alpha value is -3.35. The zero-order valence-corrected chi connectivity index (χ0v) is 14.4. The van der Waals surface area contributed by atoms with Crippen molar-refractivity contribution in [1.82, 2.24) is 4.98 Å². The lowest BCUT2D eigenvalue weighted by Crippen LogP contribution is -2.18. The lowest BCUT2D eigenvalue weighted by Gasteiger charge is -2.22. The number of hydrogen-bond donors (Lipinski definition) is 1. The number of hydrogen-bond acceptors (Lipinski definition) is 3. The number of nitrogens with zero attached hydrogens (tertiary/aromatic N) is 2. The van der Waals surface area contributed by atoms with Crippen LogP contribution in [0.25, 0.3) is 0 Å². The van der Waals surface area contributed by atoms with E-state index in [0.717, 1.165) is 17.8 Å². The number of anilines is 3. The van der Waals surface area contributed by atoms with Gasteiger partial charge in [-0.15, -0.1) is 0 Å². The van der Waals surface area contributed by atoms with E-state index in [-0.39, 0.29) is 5.69 Å². The predicted octanol–water partition coefficient (Wildman–Crippen LogP) is 5.12. The van der Waals surface area contributed by atoms with Crippen LogP contribution in [-0.2, 0) is 6.18 Å². The number of alkyl halides is 3. The molecule has 0 aliphatic carbocycles. The maximum Gasteiger partial charge on any atom is 0.416 e. The molecule has 1 amide bonds. The van der Waals surface area contributed by atoms with Gasteiger partial charge in [0.2, 0.25) is 0 Å². The minimum Gasteiger partial charge on any atom is -0.343 e. The zero-order valence-electron chi connectivity index (χ0n) is 14.4. The Kier molecular flexibility index (Phi) is 5.12. The summed E-state index contributed by atoms with van der Waals surface area (Å²) in [5.74, 6) is -0.499. The first-order valence-electron chi connectivity index (χ1n) is 8.07. The summed E-state index contributed by atoms with van der Waals surface area (Å²) in [6.45, 7) is 0. The Morgan fingerprint density at radius 2 is 1.81 bits per heavy atom. The SMILES string of the molecule is CN(c1cccnc1)c1ccccc1C(=O)Nc1cccc(C(F)(F)F)c1. The van der Waals surface area contributed by atoms with Gasteiger partial charge in [0.25, 0.3) is 5.91 Å². The Bertz CT molecular complexity index is 942. The van der Waals surface area contributed by atoms with Crippen molar-refractivity contribution < 1.29 is 18.0 Å². The highest BCUT2D eigenvalue weighted by molar-refractivity contribution is 6.08. The fourth-order valence-corrected chi connectivity index (χ4v) is 2.62. The summed E-state index contributed by atoms with van der Waals surface area (Å²) >= 11 is 0. The number of para-hydroxylation sites is 1. The number of aromatic nitrogens is 1. The molecule has 1 N–H and O–H groups in total. The van der Waals surface area contributed by atoms with Crippen LogP contribution in [0.15, 0.2) is 73.1 Å². The van der Waals surface area contributed by atoms with Crippen molar-refractivity contribution >= 4 is 23.0 Å². The standard InChI is InChI=1S/C20H16F3N3O/c1-26(16-8-5-11-24-13-16)18-10-3-2-9-17(18)19(27)25-15-7-4-6-14(12-15)20(21,22)23/h2-13H,1H3,(H,25,27). The molecule has 2 aromatic carbocycles. The second-order valence-corrected chi connectivity index (χ2v) is 5.82. The summed E-state index contributed by atoms with van der Waals surface area (Å²) in [4.78, 5) is 18.5. The minimum absolute atomic E-state index is 0.0775. The molecule has 0 saturated carbocycles. The van der Waals surface area contributed by atoms with Gasteiger partial charge in [0, 0.05) is 18.9 Å². The highest BCUT2D eigenvalue weighted by Gasteiger charge is 2.30. The van der Waals surface area contributed by atoms with Gasteiger partial charge in [-0.2, -0.15) is 13.2 Å². The highest BCUT2D eigenvalue weighted by Crippen LogP contribution is 2.31. The van der Waals surface area contributed by atoms with Gasteiger partial charge in [-0.1, -0.05) is 18.2 Å². The first-order chi connectivity index (χ1) is 12.9. The topological polar surface area (TPSA) is 45.2 Å². The van der Waals surface area contributed by atoms with E-state index in [1.807, 2.05) is 6.07 Å². The second kappa shape index (κ2) is 7.49. The summed E-state index contributed by atoms with van der Waals surface area (Å²) in [5.41, 5.74) is 0.975. The van der Waals surface area contributed by atoms with Gasteiger partial charge in [-0.25, -0.2) is 0 Å². The number of rotatable bonds is 4. The molecule has 0 aliphatic heterocycles. The molecule has 0 radical (unpaired) electrons. The van der Waals surface area contributed by atoms with Gasteiger partial charge in [-0.3, -0.25) is 9.78 Å². The van der Waals surface area contributed by atoms with E-state index in [1.165, 1.54) is 12.1 Å². The van der Waals surface area contributed by atoms with E-state index in [0.29, 0.717) is 11.3 Å². The lowest BCUT2D eigenvalue weighted by atomic mass is 10.1. The van der Waals surface area contributed by atoms with Gasteiger partial charge < -0.3 is 10.2 Å². The average molecular weight is 371 g/mol. The van der Waals surface area contributed by atoms with E-state index < -0.39 is 17.6 Å². The van der Waals surface area contributed by atoms with Gasteiger partial charge >= 0.3 is 6.18 Å². The zero-order chi connectivity index (χ0) is 19.4. The van der Waals surface area contributed by atoms with Crippen LogP contribution in [0.2, 0.25) is 0 Å². The van der Waals surface area contributed by atoms with E-state index in [2.05, 4.69) is 10.3 Å². The number of halogens is 3. The first kappa shape index (κ1) is 18.4. The Labute approximate surface area is 154 Å². The molecule has 27 heavy (non-hydrogen) atoms. The molecule has 0 saturated heterocycles. The molecule has 3 rings (SSSR count). The van der Waals surface area contributed by atoms with Crippen molar-refractivity contribution in [2.45, 2.75) is 6.18 Å². The Morgan fingerprint density at radius 3 is 2.52 bits per heavy atom. The molecule has 3 aromatic rings. The molecule has 0 atom stereocenters. The molecule has 4 nitrogen and oxygen atoms in total. The second-order valence-electron chi connectivity index (χ2n) is 5.82. The monoisotopic (exact) mass is 371 g/mol. The van der Waals surface area contributed by atoms with Crippen LogP contribution in [0.3, 0.4) is 0 Å². The number of carbonyl (C=O) groups is 1. The fourth-order valence-electron chi connectivity index (χ4n) is 2.62. The van der Waals surface area contributed by atoms with Gasteiger partial charge in [0.1, 0.15) is 0 Å². The molecule has 7 heteroatoms. The number of carbonyl (C=O) groups excluding carboxylic acids is 1. The summed E-state index contributed by atoms with van der Waals surface area (Å²) in [6, 6.07) is 15.0. The number of nitrogens with one attached hydrogen (secondary N) is 1. The van der Waals surface area contributed by atoms with Gasteiger partial charge in [-0.05, 0) is 42.5 Å². The summed E-state index contributed by atoms with van der Waals surface area (Å²) in [7, 11) is 1.79. The van der Waals surface area contributed by atoms with Crippen LogP contribution in [0.4, 0.5) is 30.2 Å². The molecule has 1 heterocycles. The van der Waals surface area contributed by atoms with Crippen LogP contribution in [-0.4, -0.2) is 17.9 Å². The molecular weight excluding hydrogens is 355 g/mol.